The lowest BCUT2D eigenvalue weighted by atomic mass is 10.2. The number of benzene rings is 2. The molecular weight excluding hydrogens is 338 g/mol. The van der Waals surface area contributed by atoms with Crippen LogP contribution in [0.2, 0.25) is 0 Å². The highest BCUT2D eigenvalue weighted by molar-refractivity contribution is 7.89. The number of carbonyl (C=O) groups is 1. The Bertz CT molecular complexity index is 827. The molecule has 2 rings (SSSR count). The molecule has 2 aromatic rings. The summed E-state index contributed by atoms with van der Waals surface area (Å²) < 4.78 is 26.7. The first-order valence-corrected chi connectivity index (χ1v) is 9.38. The maximum atomic E-state index is 12.3. The summed E-state index contributed by atoms with van der Waals surface area (Å²) in [5, 5.41) is 2.79. The molecule has 1 amide bonds. The fourth-order valence-electron chi connectivity index (χ4n) is 2.21. The van der Waals surface area contributed by atoms with Crippen molar-refractivity contribution in [3.63, 3.8) is 0 Å². The summed E-state index contributed by atoms with van der Waals surface area (Å²) in [5.41, 5.74) is 2.10. The van der Waals surface area contributed by atoms with E-state index >= 15 is 0 Å². The zero-order valence-electron chi connectivity index (χ0n) is 14.8. The molecule has 25 heavy (non-hydrogen) atoms. The van der Waals surface area contributed by atoms with E-state index in [-0.39, 0.29) is 16.8 Å². The van der Waals surface area contributed by atoms with E-state index in [9.17, 15) is 13.2 Å². The second-order valence-corrected chi connectivity index (χ2v) is 7.91. The van der Waals surface area contributed by atoms with E-state index in [4.69, 9.17) is 0 Å². The maximum Gasteiger partial charge on any atom is 0.255 e. The van der Waals surface area contributed by atoms with Gasteiger partial charge in [0.05, 0.1) is 4.90 Å². The smallest absolute Gasteiger partial charge is 0.255 e. The average molecular weight is 361 g/mol. The van der Waals surface area contributed by atoms with Gasteiger partial charge in [-0.3, -0.25) is 4.79 Å². The van der Waals surface area contributed by atoms with Gasteiger partial charge < -0.3 is 10.2 Å². The van der Waals surface area contributed by atoms with Gasteiger partial charge in [0.15, 0.2) is 0 Å². The predicted octanol–water partition coefficient (Wildman–Crippen LogP) is 2.69. The highest BCUT2D eigenvalue weighted by atomic mass is 32.2. The van der Waals surface area contributed by atoms with Gasteiger partial charge in [0.1, 0.15) is 0 Å². The third kappa shape index (κ3) is 5.04. The number of rotatable bonds is 6. The van der Waals surface area contributed by atoms with Gasteiger partial charge in [-0.25, -0.2) is 13.1 Å². The van der Waals surface area contributed by atoms with Crippen molar-refractivity contribution in [2.24, 2.45) is 0 Å². The van der Waals surface area contributed by atoms with Crippen LogP contribution >= 0.6 is 0 Å². The minimum atomic E-state index is -3.56. The van der Waals surface area contributed by atoms with Crippen molar-refractivity contribution in [1.29, 1.82) is 0 Å². The van der Waals surface area contributed by atoms with Crippen LogP contribution in [0.3, 0.4) is 0 Å². The highest BCUT2D eigenvalue weighted by Gasteiger charge is 2.16. The first kappa shape index (κ1) is 19.0. The summed E-state index contributed by atoms with van der Waals surface area (Å²) in [4.78, 5) is 14.4. The van der Waals surface area contributed by atoms with E-state index in [2.05, 4.69) is 10.0 Å². The normalized spacial score (nSPS) is 11.4. The van der Waals surface area contributed by atoms with Gasteiger partial charge in [-0.05, 0) is 62.4 Å². The molecule has 0 aromatic heterocycles. The summed E-state index contributed by atoms with van der Waals surface area (Å²) in [5.74, 6) is -0.293. The molecule has 0 aliphatic rings. The summed E-state index contributed by atoms with van der Waals surface area (Å²) in [7, 11) is 0.323. The Hall–Kier alpha value is -2.38. The van der Waals surface area contributed by atoms with E-state index < -0.39 is 10.0 Å². The number of hydrogen-bond acceptors (Lipinski definition) is 4. The lowest BCUT2D eigenvalue weighted by Crippen LogP contribution is -2.30. The molecule has 0 radical (unpaired) electrons. The van der Waals surface area contributed by atoms with Crippen LogP contribution in [0, 0.1) is 0 Å². The standard InChI is InChI=1S/C18H23N3O3S/c1-13(2)20-25(23,24)17-11-5-14(6-12-17)18(22)19-15-7-9-16(10-8-15)21(3)4/h5-13,20H,1-4H3,(H,19,22). The first-order valence-electron chi connectivity index (χ1n) is 7.90. The van der Waals surface area contributed by atoms with E-state index in [1.54, 1.807) is 13.8 Å². The lowest BCUT2D eigenvalue weighted by Gasteiger charge is -2.13. The summed E-state index contributed by atoms with van der Waals surface area (Å²) in [6.45, 7) is 3.50. The number of sulfonamides is 1. The van der Waals surface area contributed by atoms with Gasteiger partial charge in [0.2, 0.25) is 10.0 Å². The summed E-state index contributed by atoms with van der Waals surface area (Å²) >= 11 is 0. The minimum Gasteiger partial charge on any atom is -0.378 e. The molecule has 0 aliphatic carbocycles. The molecule has 0 saturated heterocycles. The molecule has 2 aromatic carbocycles. The van der Waals surface area contributed by atoms with Gasteiger partial charge in [-0.2, -0.15) is 0 Å². The summed E-state index contributed by atoms with van der Waals surface area (Å²) in [6.07, 6.45) is 0. The Balaban J connectivity index is 2.10. The van der Waals surface area contributed by atoms with Crippen LogP contribution in [0.25, 0.3) is 0 Å². The monoisotopic (exact) mass is 361 g/mol. The van der Waals surface area contributed by atoms with Crippen molar-refractivity contribution in [2.45, 2.75) is 24.8 Å². The van der Waals surface area contributed by atoms with Crippen LogP contribution in [-0.2, 0) is 10.0 Å². The van der Waals surface area contributed by atoms with Crippen molar-refractivity contribution >= 4 is 27.3 Å². The quantitative estimate of drug-likeness (QED) is 0.829. The molecule has 0 unspecified atom stereocenters. The second-order valence-electron chi connectivity index (χ2n) is 6.20. The predicted molar refractivity (Wildman–Crippen MR) is 101 cm³/mol. The molecule has 0 bridgehead atoms. The Labute approximate surface area is 148 Å². The molecule has 0 spiro atoms. The molecule has 0 saturated carbocycles. The SMILES string of the molecule is CC(C)NS(=O)(=O)c1ccc(C(=O)Nc2ccc(N(C)C)cc2)cc1. The van der Waals surface area contributed by atoms with E-state index in [0.717, 1.165) is 5.69 Å². The maximum absolute atomic E-state index is 12.3. The van der Waals surface area contributed by atoms with E-state index in [0.29, 0.717) is 11.3 Å². The van der Waals surface area contributed by atoms with Gasteiger partial charge in [-0.1, -0.05) is 0 Å². The highest BCUT2D eigenvalue weighted by Crippen LogP contribution is 2.17. The molecule has 0 aliphatic heterocycles. The molecule has 0 heterocycles. The fourth-order valence-corrected chi connectivity index (χ4v) is 3.46. The topological polar surface area (TPSA) is 78.5 Å². The average Bonchev–Trinajstić information content (AvgIpc) is 2.54. The van der Waals surface area contributed by atoms with Crippen LogP contribution in [0.1, 0.15) is 24.2 Å². The van der Waals surface area contributed by atoms with Crippen molar-refractivity contribution in [1.82, 2.24) is 4.72 Å². The van der Waals surface area contributed by atoms with Crippen LogP contribution in [0.4, 0.5) is 11.4 Å². The van der Waals surface area contributed by atoms with Crippen LogP contribution in [-0.4, -0.2) is 34.5 Å². The zero-order valence-corrected chi connectivity index (χ0v) is 15.6. The molecular formula is C18H23N3O3S. The molecule has 0 atom stereocenters. The van der Waals surface area contributed by atoms with Gasteiger partial charge >= 0.3 is 0 Å². The van der Waals surface area contributed by atoms with Crippen LogP contribution in [0.5, 0.6) is 0 Å². The van der Waals surface area contributed by atoms with Crippen molar-refractivity contribution in [3.05, 3.63) is 54.1 Å². The molecule has 6 nitrogen and oxygen atoms in total. The first-order chi connectivity index (χ1) is 11.7. The molecule has 2 N–H and O–H groups in total. The number of nitrogens with zero attached hydrogens (tertiary/aromatic N) is 1. The third-order valence-corrected chi connectivity index (χ3v) is 5.13. The zero-order chi connectivity index (χ0) is 18.6. The largest absolute Gasteiger partial charge is 0.378 e. The number of anilines is 2. The summed E-state index contributed by atoms with van der Waals surface area (Å²) in [6, 6.07) is 13.1. The fraction of sp³-hybridized carbons (Fsp3) is 0.278. The minimum absolute atomic E-state index is 0.132. The van der Waals surface area contributed by atoms with E-state index in [1.165, 1.54) is 24.3 Å². The van der Waals surface area contributed by atoms with Crippen LogP contribution in [0.15, 0.2) is 53.4 Å². The number of amides is 1. The number of carbonyl (C=O) groups excluding carboxylic acids is 1. The molecule has 134 valence electrons. The van der Waals surface area contributed by atoms with Gasteiger partial charge in [0.25, 0.3) is 5.91 Å². The Morgan fingerprint density at radius 2 is 1.52 bits per heavy atom. The molecule has 7 heteroatoms. The Morgan fingerprint density at radius 1 is 0.960 bits per heavy atom. The number of hydrogen-bond donors (Lipinski definition) is 2. The van der Waals surface area contributed by atoms with E-state index in [1.807, 2.05) is 43.3 Å². The molecule has 0 fully saturated rings. The number of nitrogens with one attached hydrogen (secondary N) is 2. The lowest BCUT2D eigenvalue weighted by molar-refractivity contribution is 0.102. The second kappa shape index (κ2) is 7.67. The van der Waals surface area contributed by atoms with Gasteiger partial charge in [-0.15, -0.1) is 0 Å². The Morgan fingerprint density at radius 3 is 2.00 bits per heavy atom. The van der Waals surface area contributed by atoms with Gasteiger partial charge in [0, 0.05) is 37.1 Å². The van der Waals surface area contributed by atoms with Crippen LogP contribution < -0.4 is 14.9 Å². The van der Waals surface area contributed by atoms with Crippen molar-refractivity contribution < 1.29 is 13.2 Å². The Kier molecular flexibility index (Phi) is 5.81. The third-order valence-electron chi connectivity index (χ3n) is 3.46. The van der Waals surface area contributed by atoms with Crippen molar-refractivity contribution in [2.75, 3.05) is 24.3 Å². The van der Waals surface area contributed by atoms with Crippen molar-refractivity contribution in [3.8, 4) is 0 Å².